The van der Waals surface area contributed by atoms with E-state index in [9.17, 15) is 19.1 Å². The van der Waals surface area contributed by atoms with Crippen LogP contribution in [0.3, 0.4) is 0 Å². The van der Waals surface area contributed by atoms with Gasteiger partial charge in [-0.1, -0.05) is 30.4 Å². The minimum absolute atomic E-state index is 0.123. The van der Waals surface area contributed by atoms with Crippen LogP contribution in [-0.4, -0.2) is 22.7 Å². The number of rotatable bonds is 6. The molecule has 0 saturated heterocycles. The quantitative estimate of drug-likeness (QED) is 0.610. The van der Waals surface area contributed by atoms with Crippen LogP contribution in [0.5, 0.6) is 0 Å². The SMILES string of the molecule is C=C/C=C\C1=C(C)CC(c2csc(NC(=O)C34CC(F)(C3)C4)c2C(=O)O)CC1. The molecule has 28 heavy (non-hydrogen) atoms. The Morgan fingerprint density at radius 2 is 2.11 bits per heavy atom. The number of hydrogen-bond acceptors (Lipinski definition) is 3. The second-order valence-electron chi connectivity index (χ2n) is 8.46. The molecule has 0 radical (unpaired) electrons. The van der Waals surface area contributed by atoms with Crippen molar-refractivity contribution in [3.63, 3.8) is 0 Å². The summed E-state index contributed by atoms with van der Waals surface area (Å²) < 4.78 is 13.7. The van der Waals surface area contributed by atoms with Gasteiger partial charge in [0.25, 0.3) is 0 Å². The first kappa shape index (κ1) is 19.1. The van der Waals surface area contributed by atoms with Crippen LogP contribution in [0.1, 0.15) is 67.3 Å². The first-order valence-electron chi connectivity index (χ1n) is 9.60. The number of carboxylic acid groups (broad SMARTS) is 1. The van der Waals surface area contributed by atoms with E-state index in [1.807, 2.05) is 11.5 Å². The molecule has 2 bridgehead atoms. The maximum Gasteiger partial charge on any atom is 0.339 e. The molecule has 0 aliphatic heterocycles. The molecule has 3 fully saturated rings. The normalized spacial score (nSPS) is 31.3. The predicted octanol–water partition coefficient (Wildman–Crippen LogP) is 5.60. The van der Waals surface area contributed by atoms with E-state index in [4.69, 9.17) is 0 Å². The largest absolute Gasteiger partial charge is 0.478 e. The van der Waals surface area contributed by atoms with Crippen LogP contribution in [0.4, 0.5) is 9.39 Å². The Morgan fingerprint density at radius 1 is 1.39 bits per heavy atom. The molecule has 4 nitrogen and oxygen atoms in total. The minimum Gasteiger partial charge on any atom is -0.478 e. The van der Waals surface area contributed by atoms with Gasteiger partial charge in [0.15, 0.2) is 0 Å². The second-order valence-corrected chi connectivity index (χ2v) is 9.34. The summed E-state index contributed by atoms with van der Waals surface area (Å²) in [5.41, 5.74) is 1.74. The molecule has 2 N–H and O–H groups in total. The number of nitrogens with one attached hydrogen (secondary N) is 1. The molecule has 6 heteroatoms. The number of anilines is 1. The molecule has 5 rings (SSSR count). The topological polar surface area (TPSA) is 66.4 Å². The van der Waals surface area contributed by atoms with E-state index in [-0.39, 0.29) is 36.7 Å². The lowest BCUT2D eigenvalue weighted by Crippen LogP contribution is -2.68. The van der Waals surface area contributed by atoms with E-state index < -0.39 is 17.1 Å². The Labute approximate surface area is 167 Å². The van der Waals surface area contributed by atoms with E-state index in [1.165, 1.54) is 22.5 Å². The zero-order valence-corrected chi connectivity index (χ0v) is 16.7. The zero-order valence-electron chi connectivity index (χ0n) is 15.9. The van der Waals surface area contributed by atoms with Gasteiger partial charge in [0.05, 0.1) is 11.0 Å². The summed E-state index contributed by atoms with van der Waals surface area (Å²) in [7, 11) is 0. The van der Waals surface area contributed by atoms with Crippen molar-refractivity contribution in [1.82, 2.24) is 0 Å². The third-order valence-electron chi connectivity index (χ3n) is 6.44. The molecular weight excluding hydrogens is 377 g/mol. The maximum atomic E-state index is 13.7. The predicted molar refractivity (Wildman–Crippen MR) is 109 cm³/mol. The van der Waals surface area contributed by atoms with Crippen molar-refractivity contribution in [1.29, 1.82) is 0 Å². The van der Waals surface area contributed by atoms with Gasteiger partial charge < -0.3 is 10.4 Å². The maximum absolute atomic E-state index is 13.7. The van der Waals surface area contributed by atoms with Crippen LogP contribution in [0.2, 0.25) is 0 Å². The number of amides is 1. The molecule has 1 aromatic heterocycles. The fourth-order valence-electron chi connectivity index (χ4n) is 4.95. The van der Waals surface area contributed by atoms with Crippen molar-refractivity contribution in [2.75, 3.05) is 5.32 Å². The highest BCUT2D eigenvalue weighted by atomic mass is 32.1. The molecular formula is C22H24FNO3S. The average molecular weight is 402 g/mol. The molecule has 1 heterocycles. The van der Waals surface area contributed by atoms with Gasteiger partial charge in [-0.2, -0.15) is 0 Å². The van der Waals surface area contributed by atoms with Crippen molar-refractivity contribution in [3.8, 4) is 0 Å². The third-order valence-corrected chi connectivity index (χ3v) is 7.36. The van der Waals surface area contributed by atoms with E-state index >= 15 is 0 Å². The van der Waals surface area contributed by atoms with Gasteiger partial charge in [0.2, 0.25) is 5.91 Å². The number of carbonyl (C=O) groups excluding carboxylic acids is 1. The van der Waals surface area contributed by atoms with Crippen LogP contribution in [0.25, 0.3) is 0 Å². The number of carbonyl (C=O) groups is 2. The highest BCUT2D eigenvalue weighted by Gasteiger charge is 2.72. The number of aromatic carboxylic acids is 1. The van der Waals surface area contributed by atoms with Crippen molar-refractivity contribution < 1.29 is 19.1 Å². The lowest BCUT2D eigenvalue weighted by Gasteiger charge is -2.64. The molecule has 0 spiro atoms. The highest BCUT2D eigenvalue weighted by molar-refractivity contribution is 7.15. The molecule has 1 amide bonds. The van der Waals surface area contributed by atoms with E-state index in [0.717, 1.165) is 24.8 Å². The van der Waals surface area contributed by atoms with Crippen LogP contribution >= 0.6 is 11.3 Å². The summed E-state index contributed by atoms with van der Waals surface area (Å²) in [5.74, 6) is -1.14. The fraction of sp³-hybridized carbons (Fsp3) is 0.455. The number of alkyl halides is 1. The van der Waals surface area contributed by atoms with Gasteiger partial charge in [-0.15, -0.1) is 11.3 Å². The Morgan fingerprint density at radius 3 is 2.68 bits per heavy atom. The number of allylic oxidation sites excluding steroid dienone is 5. The highest BCUT2D eigenvalue weighted by Crippen LogP contribution is 2.69. The van der Waals surface area contributed by atoms with Gasteiger partial charge >= 0.3 is 5.97 Å². The van der Waals surface area contributed by atoms with Crippen molar-refractivity contribution >= 4 is 28.2 Å². The first-order valence-corrected chi connectivity index (χ1v) is 10.5. The summed E-state index contributed by atoms with van der Waals surface area (Å²) in [6.45, 7) is 5.78. The second kappa shape index (κ2) is 6.69. The number of halogens is 1. The van der Waals surface area contributed by atoms with Crippen LogP contribution in [-0.2, 0) is 4.79 Å². The van der Waals surface area contributed by atoms with Crippen LogP contribution in [0, 0.1) is 5.41 Å². The molecule has 1 unspecified atom stereocenters. The first-order chi connectivity index (χ1) is 13.3. The standard InChI is InChI=1S/C22H24FNO3S/c1-3-4-5-14-6-7-15(8-13(14)2)16-9-28-18(17(16)19(25)26)24-20(27)21-10-22(23,11-21)12-21/h3-5,9,15H,1,6-8,10-12H2,2H3,(H,24,27)(H,25,26)/b5-4-. The van der Waals surface area contributed by atoms with Gasteiger partial charge in [0.1, 0.15) is 10.7 Å². The van der Waals surface area contributed by atoms with Gasteiger partial charge in [-0.05, 0) is 67.9 Å². The fourth-order valence-corrected chi connectivity index (χ4v) is 5.98. The summed E-state index contributed by atoms with van der Waals surface area (Å²) >= 11 is 1.26. The van der Waals surface area contributed by atoms with Crippen molar-refractivity contribution in [3.05, 3.63) is 52.5 Å². The van der Waals surface area contributed by atoms with E-state index in [1.54, 1.807) is 6.08 Å². The van der Waals surface area contributed by atoms with Gasteiger partial charge in [0, 0.05) is 0 Å². The smallest absolute Gasteiger partial charge is 0.339 e. The van der Waals surface area contributed by atoms with Crippen LogP contribution in [0.15, 0.2) is 41.3 Å². The monoisotopic (exact) mass is 401 g/mol. The Bertz CT molecular complexity index is 906. The molecule has 4 aliphatic carbocycles. The average Bonchev–Trinajstić information content (AvgIpc) is 3.00. The molecule has 1 aromatic rings. The number of carboxylic acids is 1. The van der Waals surface area contributed by atoms with Gasteiger partial charge in [-0.25, -0.2) is 9.18 Å². The third kappa shape index (κ3) is 3.04. The van der Waals surface area contributed by atoms with Crippen molar-refractivity contribution in [2.24, 2.45) is 5.41 Å². The van der Waals surface area contributed by atoms with Gasteiger partial charge in [-0.3, -0.25) is 4.79 Å². The molecule has 3 saturated carbocycles. The van der Waals surface area contributed by atoms with E-state index in [0.29, 0.717) is 5.00 Å². The van der Waals surface area contributed by atoms with E-state index in [2.05, 4.69) is 24.9 Å². The summed E-state index contributed by atoms with van der Waals surface area (Å²) in [6, 6.07) is 0. The zero-order chi connectivity index (χ0) is 20.1. The summed E-state index contributed by atoms with van der Waals surface area (Å²) in [4.78, 5) is 24.5. The molecule has 0 aromatic carbocycles. The number of hydrogen-bond donors (Lipinski definition) is 2. The number of thiophene rings is 1. The molecule has 148 valence electrons. The lowest BCUT2D eigenvalue weighted by atomic mass is 9.42. The van der Waals surface area contributed by atoms with Crippen molar-refractivity contribution in [2.45, 2.75) is 57.0 Å². The van der Waals surface area contributed by atoms with Crippen LogP contribution < -0.4 is 5.32 Å². The summed E-state index contributed by atoms with van der Waals surface area (Å²) in [5, 5.41) is 14.8. The Hall–Kier alpha value is -2.21. The lowest BCUT2D eigenvalue weighted by molar-refractivity contribution is -0.209. The molecule has 4 aliphatic rings. The molecule has 1 atom stereocenters. The Balaban J connectivity index is 1.54. The minimum atomic E-state index is -1.16. The summed E-state index contributed by atoms with van der Waals surface area (Å²) in [6.07, 6.45) is 9.09. The Kier molecular flexibility index (Phi) is 4.57.